The largest absolute Gasteiger partial charge is 0.361 e. The smallest absolute Gasteiger partial charge is 0.118 e. The van der Waals surface area contributed by atoms with Gasteiger partial charge in [0.25, 0.3) is 0 Å². The summed E-state index contributed by atoms with van der Waals surface area (Å²) in [4.78, 5) is 2.22. The summed E-state index contributed by atoms with van der Waals surface area (Å²) in [5.41, 5.74) is 4.00. The van der Waals surface area contributed by atoms with E-state index >= 15 is 0 Å². The maximum Gasteiger partial charge on any atom is 0.118 e. The molecule has 3 heteroatoms. The predicted octanol–water partition coefficient (Wildman–Crippen LogP) is 4.25. The number of nitriles is 1. The van der Waals surface area contributed by atoms with Crippen LogP contribution in [0.2, 0.25) is 0 Å². The number of ether oxygens (including phenoxy) is 1. The van der Waals surface area contributed by atoms with Crippen LogP contribution < -0.4 is 0 Å². The van der Waals surface area contributed by atoms with Crippen LogP contribution >= 0.6 is 0 Å². The molecule has 0 N–H and O–H groups in total. The Kier molecular flexibility index (Phi) is 5.53. The molecule has 2 aliphatic carbocycles. The molecule has 0 bridgehead atoms. The van der Waals surface area contributed by atoms with E-state index in [1.165, 1.54) is 11.1 Å². The fraction of sp³-hybridized carbons (Fsp3) is 0.409. The molecule has 0 aromatic carbocycles. The summed E-state index contributed by atoms with van der Waals surface area (Å²) in [7, 11) is 4.21. The summed E-state index contributed by atoms with van der Waals surface area (Å²) in [5, 5.41) is 9.29. The van der Waals surface area contributed by atoms with E-state index in [2.05, 4.69) is 61.5 Å². The van der Waals surface area contributed by atoms with Gasteiger partial charge in [-0.1, -0.05) is 42.5 Å². The molecular weight excluding hydrogens is 308 g/mol. The van der Waals surface area contributed by atoms with Crippen molar-refractivity contribution in [1.29, 1.82) is 5.26 Å². The molecule has 0 aromatic rings. The van der Waals surface area contributed by atoms with Gasteiger partial charge in [0.2, 0.25) is 0 Å². The average molecular weight is 334 g/mol. The summed E-state index contributed by atoms with van der Waals surface area (Å²) >= 11 is 0. The molecule has 1 atom stereocenters. The highest BCUT2D eigenvalue weighted by Gasteiger charge is 2.44. The Morgan fingerprint density at radius 2 is 2.08 bits per heavy atom. The topological polar surface area (TPSA) is 36.3 Å². The van der Waals surface area contributed by atoms with Crippen molar-refractivity contribution < 1.29 is 4.74 Å². The van der Waals surface area contributed by atoms with Crippen LogP contribution in [-0.2, 0) is 4.74 Å². The lowest BCUT2D eigenvalue weighted by Gasteiger charge is -2.32. The second kappa shape index (κ2) is 7.82. The Labute approximate surface area is 151 Å². The summed E-state index contributed by atoms with van der Waals surface area (Å²) in [6, 6.07) is 2.28. The van der Waals surface area contributed by atoms with Gasteiger partial charge in [-0.2, -0.15) is 5.26 Å². The van der Waals surface area contributed by atoms with E-state index in [0.29, 0.717) is 6.61 Å². The first kappa shape index (κ1) is 17.7. The first-order valence-corrected chi connectivity index (χ1v) is 9.00. The maximum atomic E-state index is 9.29. The van der Waals surface area contributed by atoms with Crippen LogP contribution in [0.3, 0.4) is 0 Å². The minimum atomic E-state index is -0.386. The highest BCUT2D eigenvalue weighted by Crippen LogP contribution is 2.46. The van der Waals surface area contributed by atoms with Crippen LogP contribution in [-0.4, -0.2) is 37.7 Å². The van der Waals surface area contributed by atoms with Gasteiger partial charge in [0.1, 0.15) is 5.60 Å². The van der Waals surface area contributed by atoms with Gasteiger partial charge < -0.3 is 9.64 Å². The van der Waals surface area contributed by atoms with Gasteiger partial charge >= 0.3 is 0 Å². The van der Waals surface area contributed by atoms with Crippen LogP contribution in [0.4, 0.5) is 0 Å². The van der Waals surface area contributed by atoms with Crippen molar-refractivity contribution in [3.63, 3.8) is 0 Å². The zero-order valence-corrected chi connectivity index (χ0v) is 15.2. The molecule has 0 unspecified atom stereocenters. The fourth-order valence-electron chi connectivity index (χ4n) is 3.77. The molecule has 3 aliphatic rings. The van der Waals surface area contributed by atoms with Gasteiger partial charge in [-0.25, -0.2) is 0 Å². The minimum absolute atomic E-state index is 0.386. The summed E-state index contributed by atoms with van der Waals surface area (Å²) in [6.45, 7) is 1.61. The van der Waals surface area contributed by atoms with Gasteiger partial charge in [0.15, 0.2) is 0 Å². The van der Waals surface area contributed by atoms with Crippen molar-refractivity contribution in [1.82, 2.24) is 4.90 Å². The van der Waals surface area contributed by atoms with Crippen molar-refractivity contribution in [3.8, 4) is 6.07 Å². The van der Waals surface area contributed by atoms with Crippen LogP contribution in [0.15, 0.2) is 70.9 Å². The number of hydrogen-bond acceptors (Lipinski definition) is 3. The molecule has 1 aliphatic heterocycles. The number of hydrogen-bond donors (Lipinski definition) is 0. The molecule has 130 valence electrons. The third-order valence-electron chi connectivity index (χ3n) is 4.97. The molecule has 0 radical (unpaired) electrons. The van der Waals surface area contributed by atoms with Crippen molar-refractivity contribution in [2.45, 2.75) is 31.3 Å². The molecule has 3 nitrogen and oxygen atoms in total. The second-order valence-corrected chi connectivity index (χ2v) is 7.00. The summed E-state index contributed by atoms with van der Waals surface area (Å²) in [5.74, 6) is 0. The Balaban J connectivity index is 1.97. The monoisotopic (exact) mass is 334 g/mol. The molecule has 1 saturated heterocycles. The van der Waals surface area contributed by atoms with E-state index in [9.17, 15) is 5.26 Å². The maximum absolute atomic E-state index is 9.29. The van der Waals surface area contributed by atoms with E-state index in [0.717, 1.165) is 43.4 Å². The van der Waals surface area contributed by atoms with E-state index in [-0.39, 0.29) is 5.60 Å². The normalized spacial score (nSPS) is 25.4. The zero-order chi connectivity index (χ0) is 17.7. The summed E-state index contributed by atoms with van der Waals surface area (Å²) < 4.78 is 6.47. The van der Waals surface area contributed by atoms with Crippen molar-refractivity contribution in [3.05, 3.63) is 70.9 Å². The quantitative estimate of drug-likeness (QED) is 0.754. The zero-order valence-electron chi connectivity index (χ0n) is 15.2. The Morgan fingerprint density at radius 1 is 1.20 bits per heavy atom. The Bertz CT molecular complexity index is 740. The van der Waals surface area contributed by atoms with Crippen LogP contribution in [0.25, 0.3) is 0 Å². The molecule has 3 rings (SSSR count). The van der Waals surface area contributed by atoms with Crippen molar-refractivity contribution in [2.75, 3.05) is 27.2 Å². The van der Waals surface area contributed by atoms with E-state index < -0.39 is 0 Å². The molecule has 1 fully saturated rings. The fourth-order valence-corrected chi connectivity index (χ4v) is 3.77. The van der Waals surface area contributed by atoms with Crippen LogP contribution in [0.5, 0.6) is 0 Å². The molecule has 0 spiro atoms. The van der Waals surface area contributed by atoms with Crippen molar-refractivity contribution >= 4 is 0 Å². The molecule has 1 heterocycles. The van der Waals surface area contributed by atoms with Gasteiger partial charge in [-0.3, -0.25) is 0 Å². The molecule has 25 heavy (non-hydrogen) atoms. The van der Waals surface area contributed by atoms with E-state index in [4.69, 9.17) is 4.74 Å². The van der Waals surface area contributed by atoms with Crippen molar-refractivity contribution in [2.24, 2.45) is 0 Å². The average Bonchev–Trinajstić information content (AvgIpc) is 2.83. The highest BCUT2D eigenvalue weighted by molar-refractivity contribution is 5.57. The molecule has 0 aromatic heterocycles. The first-order valence-electron chi connectivity index (χ1n) is 9.00. The Hall–Kier alpha value is -2.15. The Morgan fingerprint density at radius 3 is 2.88 bits per heavy atom. The third-order valence-corrected chi connectivity index (χ3v) is 4.97. The second-order valence-electron chi connectivity index (χ2n) is 7.00. The lowest BCUT2D eigenvalue weighted by molar-refractivity contribution is 0.0494. The third kappa shape index (κ3) is 3.76. The van der Waals surface area contributed by atoms with Gasteiger partial charge in [-0.15, -0.1) is 0 Å². The van der Waals surface area contributed by atoms with Gasteiger partial charge in [-0.05, 0) is 69.1 Å². The molecular formula is C22H26N2O. The minimum Gasteiger partial charge on any atom is -0.361 e. The van der Waals surface area contributed by atoms with Crippen LogP contribution in [0.1, 0.15) is 25.7 Å². The number of rotatable bonds is 5. The highest BCUT2D eigenvalue weighted by atomic mass is 16.5. The number of allylic oxidation sites excluding steroid dienone is 8. The lowest BCUT2D eigenvalue weighted by Crippen LogP contribution is -2.33. The van der Waals surface area contributed by atoms with E-state index in [1.807, 2.05) is 12.2 Å². The predicted molar refractivity (Wildman–Crippen MR) is 102 cm³/mol. The van der Waals surface area contributed by atoms with E-state index in [1.54, 1.807) is 0 Å². The number of fused-ring (bicyclic) bond motifs is 1. The summed E-state index contributed by atoms with van der Waals surface area (Å²) in [6.07, 6.45) is 20.8. The molecule has 0 amide bonds. The lowest BCUT2D eigenvalue weighted by atomic mass is 9.79. The standard InChI is InChI=1S/C22H26N2O/c1-24(2)14-8-13-22(20-10-5-3-4-6-11-20)21-12-7-9-18(16-23)15-19(21)17-25-22/h3-5,9-12,15H,6-8,13-14,17H2,1-2H3/t22-/m1/s1. The first-order chi connectivity index (χ1) is 12.2. The molecule has 0 saturated carbocycles. The SMILES string of the molecule is CN(C)CCC[C@]1(C2=CCC=CC=C2)OCC2=CC(C#N)=CCC=C21. The van der Waals surface area contributed by atoms with Gasteiger partial charge in [0.05, 0.1) is 12.7 Å². The van der Waals surface area contributed by atoms with Gasteiger partial charge in [0, 0.05) is 5.57 Å². The number of nitrogens with zero attached hydrogens (tertiary/aromatic N) is 2. The van der Waals surface area contributed by atoms with Crippen LogP contribution in [0, 0.1) is 11.3 Å².